The number of anilines is 2. The molecule has 208 valence electrons. The van der Waals surface area contributed by atoms with Crippen LogP contribution in [-0.4, -0.2) is 29.2 Å². The topological polar surface area (TPSA) is 48.4 Å². The molecule has 0 radical (unpaired) electrons. The van der Waals surface area contributed by atoms with Gasteiger partial charge in [-0.25, -0.2) is 4.98 Å². The fraction of sp³-hybridized carbons (Fsp3) is 0.469. The molecule has 2 fully saturated rings. The number of hydrogen-bond donors (Lipinski definition) is 2. The molecule has 2 aromatic carbocycles. The Hall–Kier alpha value is -3.06. The number of nitrogens with zero attached hydrogens (tertiary/aromatic N) is 2. The van der Waals surface area contributed by atoms with Crippen LogP contribution in [0.5, 0.6) is 0 Å². The fourth-order valence-electron chi connectivity index (χ4n) is 6.32. The van der Waals surface area contributed by atoms with Crippen molar-refractivity contribution in [1.29, 1.82) is 0 Å². The number of aliphatic hydroxyl groups is 1. The van der Waals surface area contributed by atoms with E-state index in [1.54, 1.807) is 19.1 Å². The summed E-state index contributed by atoms with van der Waals surface area (Å²) in [5.74, 6) is 1.94. The van der Waals surface area contributed by atoms with Crippen molar-refractivity contribution < 1.29 is 18.3 Å². The zero-order chi connectivity index (χ0) is 27.4. The van der Waals surface area contributed by atoms with Gasteiger partial charge in [0.15, 0.2) is 0 Å². The zero-order valence-corrected chi connectivity index (χ0v) is 22.5. The van der Waals surface area contributed by atoms with E-state index in [1.165, 1.54) is 31.4 Å². The number of piperidine rings is 1. The van der Waals surface area contributed by atoms with E-state index in [0.717, 1.165) is 67.0 Å². The predicted octanol–water partition coefficient (Wildman–Crippen LogP) is 8.10. The van der Waals surface area contributed by atoms with Crippen molar-refractivity contribution in [2.75, 3.05) is 23.3 Å². The van der Waals surface area contributed by atoms with Crippen molar-refractivity contribution in [3.8, 4) is 11.1 Å². The second kappa shape index (κ2) is 12.0. The summed E-state index contributed by atoms with van der Waals surface area (Å²) in [5.41, 5.74) is 3.31. The lowest BCUT2D eigenvalue weighted by Crippen LogP contribution is -2.39. The lowest BCUT2D eigenvalue weighted by Gasteiger charge is -2.39. The number of aromatic nitrogens is 1. The van der Waals surface area contributed by atoms with Crippen LogP contribution in [0.3, 0.4) is 0 Å². The van der Waals surface area contributed by atoms with Gasteiger partial charge in [0.2, 0.25) is 0 Å². The van der Waals surface area contributed by atoms with Crippen LogP contribution in [0.4, 0.5) is 24.7 Å². The highest BCUT2D eigenvalue weighted by Crippen LogP contribution is 2.36. The number of benzene rings is 2. The van der Waals surface area contributed by atoms with Crippen LogP contribution < -0.4 is 10.2 Å². The smallest absolute Gasteiger partial charge is 0.389 e. The third-order valence-electron chi connectivity index (χ3n) is 8.42. The third-order valence-corrected chi connectivity index (χ3v) is 8.42. The minimum absolute atomic E-state index is 0.353. The standard InChI is InChI=1S/C32H38F3N3O/c1-22(39)24-8-4-9-25(19-24)26-15-16-36-31(20-26)37-30-10-3-2-7-27(30)18-23-6-5-17-38(21-23)29-13-11-28(12-14-29)32(33,34)35/h4,8-9,11-16,19-20,22-23,27,30,39H,2-3,5-7,10,17-18,21H2,1H3,(H,36,37)/t22-,23-,27+,30-/m1/s1. The Bertz CT molecular complexity index is 1230. The summed E-state index contributed by atoms with van der Waals surface area (Å²) in [6, 6.07) is 18.1. The van der Waals surface area contributed by atoms with E-state index in [2.05, 4.69) is 27.3 Å². The molecular weight excluding hydrogens is 499 g/mol. The molecule has 2 heterocycles. The summed E-state index contributed by atoms with van der Waals surface area (Å²) in [6.45, 7) is 3.56. The monoisotopic (exact) mass is 537 g/mol. The van der Waals surface area contributed by atoms with E-state index in [1.807, 2.05) is 30.5 Å². The van der Waals surface area contributed by atoms with Gasteiger partial charge in [-0.1, -0.05) is 31.0 Å². The average molecular weight is 538 g/mol. The Morgan fingerprint density at radius 3 is 2.51 bits per heavy atom. The lowest BCUT2D eigenvalue weighted by atomic mass is 9.77. The van der Waals surface area contributed by atoms with Crippen LogP contribution >= 0.6 is 0 Å². The molecule has 0 bridgehead atoms. The maximum Gasteiger partial charge on any atom is 0.416 e. The molecule has 1 saturated heterocycles. The van der Waals surface area contributed by atoms with Gasteiger partial charge in [-0.2, -0.15) is 13.2 Å². The third kappa shape index (κ3) is 6.93. The van der Waals surface area contributed by atoms with Crippen molar-refractivity contribution in [2.24, 2.45) is 11.8 Å². The van der Waals surface area contributed by atoms with E-state index in [-0.39, 0.29) is 0 Å². The molecule has 5 rings (SSSR count). The van der Waals surface area contributed by atoms with Gasteiger partial charge in [0.25, 0.3) is 0 Å². The van der Waals surface area contributed by atoms with Gasteiger partial charge < -0.3 is 15.3 Å². The molecule has 4 atom stereocenters. The summed E-state index contributed by atoms with van der Waals surface area (Å²) in [4.78, 5) is 6.88. The maximum absolute atomic E-state index is 13.0. The Morgan fingerprint density at radius 1 is 0.974 bits per heavy atom. The molecule has 39 heavy (non-hydrogen) atoms. The number of nitrogens with one attached hydrogen (secondary N) is 1. The van der Waals surface area contributed by atoms with Gasteiger partial charge in [0, 0.05) is 31.0 Å². The number of alkyl halides is 3. The second-order valence-electron chi connectivity index (χ2n) is 11.3. The SMILES string of the molecule is C[C@@H](O)c1cccc(-c2ccnc(N[C@@H]3CCCC[C@H]3C[C@H]3CCCN(c4ccc(C(F)(F)F)cc4)C3)c2)c1. The first-order chi connectivity index (χ1) is 18.8. The first-order valence-corrected chi connectivity index (χ1v) is 14.2. The summed E-state index contributed by atoms with van der Waals surface area (Å²) in [7, 11) is 0. The zero-order valence-electron chi connectivity index (χ0n) is 22.5. The van der Waals surface area contributed by atoms with Gasteiger partial charge >= 0.3 is 6.18 Å². The number of aliphatic hydroxyl groups excluding tert-OH is 1. The summed E-state index contributed by atoms with van der Waals surface area (Å²) >= 11 is 0. The van der Waals surface area contributed by atoms with Gasteiger partial charge in [-0.15, -0.1) is 0 Å². The van der Waals surface area contributed by atoms with E-state index in [9.17, 15) is 18.3 Å². The molecule has 1 aliphatic heterocycles. The van der Waals surface area contributed by atoms with Crippen LogP contribution in [0.25, 0.3) is 11.1 Å². The fourth-order valence-corrected chi connectivity index (χ4v) is 6.32. The molecule has 7 heteroatoms. The molecule has 3 aromatic rings. The largest absolute Gasteiger partial charge is 0.416 e. The van der Waals surface area contributed by atoms with Crippen LogP contribution in [0.2, 0.25) is 0 Å². The molecule has 2 N–H and O–H groups in total. The van der Waals surface area contributed by atoms with Gasteiger partial charge in [0.05, 0.1) is 11.7 Å². The second-order valence-corrected chi connectivity index (χ2v) is 11.3. The summed E-state index contributed by atoms with van der Waals surface area (Å²) in [6.07, 6.45) is 5.10. The minimum atomic E-state index is -4.30. The van der Waals surface area contributed by atoms with E-state index in [0.29, 0.717) is 17.9 Å². The first-order valence-electron chi connectivity index (χ1n) is 14.2. The number of pyridine rings is 1. The first kappa shape index (κ1) is 27.5. The Morgan fingerprint density at radius 2 is 1.74 bits per heavy atom. The van der Waals surface area contributed by atoms with Gasteiger partial charge in [-0.05, 0) is 110 Å². The van der Waals surface area contributed by atoms with Crippen molar-refractivity contribution >= 4 is 11.5 Å². The number of halogens is 3. The van der Waals surface area contributed by atoms with Crippen molar-refractivity contribution in [3.05, 3.63) is 78.0 Å². The highest BCUT2D eigenvalue weighted by molar-refractivity contribution is 5.67. The van der Waals surface area contributed by atoms with Gasteiger partial charge in [-0.3, -0.25) is 0 Å². The molecule has 1 saturated carbocycles. The van der Waals surface area contributed by atoms with Crippen LogP contribution in [0.1, 0.15) is 69.1 Å². The van der Waals surface area contributed by atoms with E-state index >= 15 is 0 Å². The van der Waals surface area contributed by atoms with E-state index < -0.39 is 17.8 Å². The summed E-state index contributed by atoms with van der Waals surface area (Å²) in [5, 5.41) is 13.7. The predicted molar refractivity (Wildman–Crippen MR) is 151 cm³/mol. The number of hydrogen-bond acceptors (Lipinski definition) is 4. The molecule has 0 amide bonds. The van der Waals surface area contributed by atoms with E-state index in [4.69, 9.17) is 0 Å². The average Bonchev–Trinajstić information content (AvgIpc) is 2.94. The van der Waals surface area contributed by atoms with Crippen molar-refractivity contribution in [3.63, 3.8) is 0 Å². The lowest BCUT2D eigenvalue weighted by molar-refractivity contribution is -0.137. The van der Waals surface area contributed by atoms with Crippen LogP contribution in [0.15, 0.2) is 66.9 Å². The molecule has 2 aliphatic rings. The molecular formula is C32H38F3N3O. The van der Waals surface area contributed by atoms with Crippen molar-refractivity contribution in [1.82, 2.24) is 4.98 Å². The molecule has 4 nitrogen and oxygen atoms in total. The van der Waals surface area contributed by atoms with Crippen LogP contribution in [0, 0.1) is 11.8 Å². The Labute approximate surface area is 229 Å². The van der Waals surface area contributed by atoms with Gasteiger partial charge in [0.1, 0.15) is 5.82 Å². The van der Waals surface area contributed by atoms with Crippen molar-refractivity contribution in [2.45, 2.75) is 70.2 Å². The quantitative estimate of drug-likeness (QED) is 0.320. The molecule has 1 aromatic heterocycles. The Kier molecular flexibility index (Phi) is 8.46. The maximum atomic E-state index is 13.0. The normalized spacial score (nSPS) is 22.9. The number of rotatable bonds is 7. The summed E-state index contributed by atoms with van der Waals surface area (Å²) < 4.78 is 39.0. The molecule has 1 aliphatic carbocycles. The van der Waals surface area contributed by atoms with Crippen LogP contribution in [-0.2, 0) is 6.18 Å². The Balaban J connectivity index is 1.24. The molecule has 0 unspecified atom stereocenters. The minimum Gasteiger partial charge on any atom is -0.389 e. The molecule has 0 spiro atoms. The highest BCUT2D eigenvalue weighted by Gasteiger charge is 2.32. The highest BCUT2D eigenvalue weighted by atomic mass is 19.4.